The molecule has 0 unspecified atom stereocenters. The molecule has 0 spiro atoms. The van der Waals surface area contributed by atoms with E-state index in [1.54, 1.807) is 6.07 Å². The first-order chi connectivity index (χ1) is 10.0. The van der Waals surface area contributed by atoms with Crippen molar-refractivity contribution in [3.8, 4) is 0 Å². The highest BCUT2D eigenvalue weighted by molar-refractivity contribution is 7.89. The first-order valence-electron chi connectivity index (χ1n) is 7.63. The molecular formula is C15H24N2O3S. The highest BCUT2D eigenvalue weighted by Crippen LogP contribution is 2.28. The van der Waals surface area contributed by atoms with Crippen LogP contribution in [0.15, 0.2) is 23.4 Å². The molecule has 0 saturated heterocycles. The predicted molar refractivity (Wildman–Crippen MR) is 81.1 cm³/mol. The lowest BCUT2D eigenvalue weighted by Gasteiger charge is -2.28. The molecule has 118 valence electrons. The van der Waals surface area contributed by atoms with Gasteiger partial charge in [-0.15, -0.1) is 0 Å². The van der Waals surface area contributed by atoms with Crippen molar-refractivity contribution < 1.29 is 13.5 Å². The second kappa shape index (κ2) is 7.33. The van der Waals surface area contributed by atoms with Crippen LogP contribution in [0.4, 0.5) is 0 Å². The Morgan fingerprint density at radius 2 is 2.00 bits per heavy atom. The molecule has 0 bridgehead atoms. The fourth-order valence-electron chi connectivity index (χ4n) is 2.92. The van der Waals surface area contributed by atoms with E-state index in [2.05, 4.69) is 16.6 Å². The Morgan fingerprint density at radius 1 is 1.29 bits per heavy atom. The van der Waals surface area contributed by atoms with Gasteiger partial charge in [0, 0.05) is 12.2 Å². The number of aromatic nitrogens is 1. The highest BCUT2D eigenvalue weighted by atomic mass is 32.2. The van der Waals surface area contributed by atoms with Crippen LogP contribution >= 0.6 is 0 Å². The molecular weight excluding hydrogens is 288 g/mol. The van der Waals surface area contributed by atoms with Crippen molar-refractivity contribution in [2.45, 2.75) is 63.1 Å². The molecule has 2 rings (SSSR count). The molecule has 0 amide bonds. The molecule has 0 aromatic carbocycles. The summed E-state index contributed by atoms with van der Waals surface area (Å²) in [6, 6.07) is 3.04. The smallest absolute Gasteiger partial charge is 0.258 e. The molecule has 1 fully saturated rings. The van der Waals surface area contributed by atoms with Gasteiger partial charge in [-0.2, -0.15) is 0 Å². The number of sulfonamides is 1. The van der Waals surface area contributed by atoms with E-state index >= 15 is 0 Å². The zero-order valence-electron chi connectivity index (χ0n) is 12.5. The van der Waals surface area contributed by atoms with Crippen LogP contribution in [0.5, 0.6) is 0 Å². The average molecular weight is 312 g/mol. The van der Waals surface area contributed by atoms with Crippen molar-refractivity contribution >= 4 is 10.0 Å². The molecule has 1 aromatic heterocycles. The van der Waals surface area contributed by atoms with Gasteiger partial charge >= 0.3 is 0 Å². The van der Waals surface area contributed by atoms with Crippen molar-refractivity contribution in [2.75, 3.05) is 0 Å². The summed E-state index contributed by atoms with van der Waals surface area (Å²) in [4.78, 5) is 3.92. The SMILES string of the molecule is CCCC1CCC(NS(=O)(=O)c2ccc(CO)cn2)CC1. The molecule has 1 saturated carbocycles. The Labute approximate surface area is 126 Å². The van der Waals surface area contributed by atoms with Crippen LogP contribution in [0.2, 0.25) is 0 Å². The van der Waals surface area contributed by atoms with Gasteiger partial charge in [-0.25, -0.2) is 18.1 Å². The summed E-state index contributed by atoms with van der Waals surface area (Å²) in [7, 11) is -3.56. The summed E-state index contributed by atoms with van der Waals surface area (Å²) in [6.07, 6.45) is 7.82. The van der Waals surface area contributed by atoms with Crippen molar-refractivity contribution in [1.82, 2.24) is 9.71 Å². The Hall–Kier alpha value is -0.980. The lowest BCUT2D eigenvalue weighted by molar-refractivity contribution is 0.281. The molecule has 1 aliphatic carbocycles. The van der Waals surface area contributed by atoms with Crippen LogP contribution < -0.4 is 4.72 Å². The van der Waals surface area contributed by atoms with Gasteiger partial charge in [0.15, 0.2) is 5.03 Å². The lowest BCUT2D eigenvalue weighted by Crippen LogP contribution is -2.37. The minimum Gasteiger partial charge on any atom is -0.392 e. The normalized spacial score (nSPS) is 23.1. The average Bonchev–Trinajstić information content (AvgIpc) is 2.49. The van der Waals surface area contributed by atoms with Crippen molar-refractivity contribution in [3.63, 3.8) is 0 Å². The number of pyridine rings is 1. The third-order valence-electron chi connectivity index (χ3n) is 4.12. The van der Waals surface area contributed by atoms with E-state index in [9.17, 15) is 8.42 Å². The summed E-state index contributed by atoms with van der Waals surface area (Å²) >= 11 is 0. The Balaban J connectivity index is 1.95. The van der Waals surface area contributed by atoms with Gasteiger partial charge in [0.25, 0.3) is 10.0 Å². The quantitative estimate of drug-likeness (QED) is 0.844. The van der Waals surface area contributed by atoms with Gasteiger partial charge in [0.1, 0.15) is 0 Å². The van der Waals surface area contributed by atoms with Gasteiger partial charge in [0.2, 0.25) is 0 Å². The van der Waals surface area contributed by atoms with Crippen LogP contribution in [0, 0.1) is 5.92 Å². The van der Waals surface area contributed by atoms with Crippen LogP contribution in [0.3, 0.4) is 0 Å². The number of aliphatic hydroxyl groups is 1. The second-order valence-electron chi connectivity index (χ2n) is 5.79. The summed E-state index contributed by atoms with van der Waals surface area (Å²) in [5, 5.41) is 8.98. The number of aliphatic hydroxyl groups excluding tert-OH is 1. The number of nitrogens with one attached hydrogen (secondary N) is 1. The third-order valence-corrected chi connectivity index (χ3v) is 5.56. The Morgan fingerprint density at radius 3 is 2.52 bits per heavy atom. The Bertz CT molecular complexity index is 535. The number of hydrogen-bond acceptors (Lipinski definition) is 4. The maximum Gasteiger partial charge on any atom is 0.258 e. The van der Waals surface area contributed by atoms with Crippen molar-refractivity contribution in [1.29, 1.82) is 0 Å². The standard InChI is InChI=1S/C15H24N2O3S/c1-2-3-12-4-7-14(8-5-12)17-21(19,20)15-9-6-13(11-18)10-16-15/h6,9-10,12,14,17-18H,2-5,7-8,11H2,1H3. The summed E-state index contributed by atoms with van der Waals surface area (Å²) < 4.78 is 27.3. The Kier molecular flexibility index (Phi) is 5.72. The molecule has 1 aromatic rings. The third kappa shape index (κ3) is 4.49. The van der Waals surface area contributed by atoms with Gasteiger partial charge in [-0.05, 0) is 43.2 Å². The van der Waals surface area contributed by atoms with Crippen LogP contribution in [-0.4, -0.2) is 24.6 Å². The number of rotatable bonds is 6. The fourth-order valence-corrected chi connectivity index (χ4v) is 4.15. The summed E-state index contributed by atoms with van der Waals surface area (Å²) in [5.41, 5.74) is 0.606. The summed E-state index contributed by atoms with van der Waals surface area (Å²) in [5.74, 6) is 0.748. The zero-order chi connectivity index (χ0) is 15.3. The molecule has 2 N–H and O–H groups in total. The van der Waals surface area contributed by atoms with Gasteiger partial charge < -0.3 is 5.11 Å². The molecule has 5 nitrogen and oxygen atoms in total. The molecule has 21 heavy (non-hydrogen) atoms. The van der Waals surface area contributed by atoms with Gasteiger partial charge in [-0.1, -0.05) is 25.8 Å². The summed E-state index contributed by atoms with van der Waals surface area (Å²) in [6.45, 7) is 2.05. The van der Waals surface area contributed by atoms with Crippen LogP contribution in [0.1, 0.15) is 51.0 Å². The largest absolute Gasteiger partial charge is 0.392 e. The molecule has 6 heteroatoms. The molecule has 1 aliphatic rings. The van der Waals surface area contributed by atoms with E-state index in [0.717, 1.165) is 31.6 Å². The van der Waals surface area contributed by atoms with E-state index in [1.165, 1.54) is 25.1 Å². The van der Waals surface area contributed by atoms with Crippen molar-refractivity contribution in [2.24, 2.45) is 5.92 Å². The first-order valence-corrected chi connectivity index (χ1v) is 9.11. The highest BCUT2D eigenvalue weighted by Gasteiger charge is 2.25. The van der Waals surface area contributed by atoms with Gasteiger partial charge in [0.05, 0.1) is 6.61 Å². The minimum absolute atomic E-state index is 0.0161. The topological polar surface area (TPSA) is 79.3 Å². The van der Waals surface area contributed by atoms with E-state index < -0.39 is 10.0 Å². The van der Waals surface area contributed by atoms with E-state index in [-0.39, 0.29) is 17.7 Å². The van der Waals surface area contributed by atoms with E-state index in [1.807, 2.05) is 0 Å². The maximum absolute atomic E-state index is 12.3. The number of nitrogens with zero attached hydrogens (tertiary/aromatic N) is 1. The molecule has 0 aliphatic heterocycles. The van der Waals surface area contributed by atoms with Crippen molar-refractivity contribution in [3.05, 3.63) is 23.9 Å². The van der Waals surface area contributed by atoms with Crippen LogP contribution in [-0.2, 0) is 16.6 Å². The lowest BCUT2D eigenvalue weighted by atomic mass is 9.84. The molecule has 0 atom stereocenters. The monoisotopic (exact) mass is 312 g/mol. The first kappa shape index (κ1) is 16.4. The zero-order valence-corrected chi connectivity index (χ0v) is 13.3. The van der Waals surface area contributed by atoms with Gasteiger partial charge in [-0.3, -0.25) is 0 Å². The molecule has 0 radical (unpaired) electrons. The van der Waals surface area contributed by atoms with Crippen LogP contribution in [0.25, 0.3) is 0 Å². The number of hydrogen-bond donors (Lipinski definition) is 2. The van der Waals surface area contributed by atoms with E-state index in [4.69, 9.17) is 5.11 Å². The van der Waals surface area contributed by atoms with E-state index in [0.29, 0.717) is 5.56 Å². The predicted octanol–water partition coefficient (Wildman–Crippen LogP) is 2.21. The molecule has 1 heterocycles. The second-order valence-corrected chi connectivity index (χ2v) is 7.45. The minimum atomic E-state index is -3.56. The fraction of sp³-hybridized carbons (Fsp3) is 0.667. The maximum atomic E-state index is 12.3.